The van der Waals surface area contributed by atoms with Gasteiger partial charge in [0.2, 0.25) is 0 Å². The van der Waals surface area contributed by atoms with E-state index < -0.39 is 23.3 Å². The Balaban J connectivity index is 3.16. The zero-order valence-corrected chi connectivity index (χ0v) is 10.1. The fourth-order valence-electron chi connectivity index (χ4n) is 1.37. The van der Waals surface area contributed by atoms with Gasteiger partial charge >= 0.3 is 12.1 Å². The van der Waals surface area contributed by atoms with E-state index in [0.717, 1.165) is 12.1 Å². The summed E-state index contributed by atoms with van der Waals surface area (Å²) in [5.74, 6) is 3.62. The summed E-state index contributed by atoms with van der Waals surface area (Å²) in [6, 6.07) is 2.79. The van der Waals surface area contributed by atoms with Crippen molar-refractivity contribution < 1.29 is 23.1 Å². The molecule has 0 atom stereocenters. The molecule has 0 saturated carbocycles. The predicted octanol–water partition coefficient (Wildman–Crippen LogP) is 2.36. The second-order valence-corrected chi connectivity index (χ2v) is 3.72. The Morgan fingerprint density at radius 3 is 2.63 bits per heavy atom. The Bertz CT molecular complexity index is 527. The summed E-state index contributed by atoms with van der Waals surface area (Å²) in [6.07, 6.45) is -4.22. The van der Waals surface area contributed by atoms with Gasteiger partial charge in [0.25, 0.3) is 0 Å². The van der Waals surface area contributed by atoms with Gasteiger partial charge in [-0.1, -0.05) is 11.8 Å². The molecule has 0 aromatic heterocycles. The molecule has 0 aliphatic carbocycles. The minimum absolute atomic E-state index is 0.214. The largest absolute Gasteiger partial charge is 0.478 e. The molecule has 2 N–H and O–H groups in total. The van der Waals surface area contributed by atoms with Crippen LogP contribution < -0.4 is 5.32 Å². The van der Waals surface area contributed by atoms with Crippen LogP contribution in [0.5, 0.6) is 0 Å². The zero-order valence-electron chi connectivity index (χ0n) is 10.1. The lowest BCUT2D eigenvalue weighted by atomic mass is 10.0. The first-order chi connectivity index (χ1) is 8.86. The normalized spacial score (nSPS) is 10.7. The number of alkyl halides is 3. The fourth-order valence-corrected chi connectivity index (χ4v) is 1.37. The number of hydrogen-bond donors (Lipinski definition) is 2. The molecule has 0 spiro atoms. The van der Waals surface area contributed by atoms with Gasteiger partial charge in [-0.15, -0.1) is 0 Å². The molecule has 0 fully saturated rings. The number of carbonyl (C=O) groups is 1. The van der Waals surface area contributed by atoms with Gasteiger partial charge < -0.3 is 10.4 Å². The number of rotatable bonds is 3. The molecule has 0 radical (unpaired) electrons. The molecule has 0 aliphatic heterocycles. The van der Waals surface area contributed by atoms with E-state index in [9.17, 15) is 18.0 Å². The summed E-state index contributed by atoms with van der Waals surface area (Å²) in [4.78, 5) is 10.7. The maximum absolute atomic E-state index is 12.8. The lowest BCUT2D eigenvalue weighted by Crippen LogP contribution is -2.10. The molecule has 0 aliphatic rings. The maximum atomic E-state index is 12.8. The third kappa shape index (κ3) is 4.30. The quantitative estimate of drug-likeness (QED) is 0.655. The lowest BCUT2D eigenvalue weighted by Gasteiger charge is -2.09. The number of halogens is 3. The zero-order chi connectivity index (χ0) is 14.5. The number of benzene rings is 1. The Morgan fingerprint density at radius 2 is 2.11 bits per heavy atom. The monoisotopic (exact) mass is 271 g/mol. The van der Waals surface area contributed by atoms with Crippen molar-refractivity contribution in [1.82, 2.24) is 5.32 Å². The number of hydrogen-bond acceptors (Lipinski definition) is 2. The standard InChI is InChI=1S/C13H12F3NO2/c1-17-7-3-2-4-9-5-6-10(12(18)19)8-11(9)13(14,15)16/h5-6,8,17H,3,7H2,1H3,(H,18,19). The van der Waals surface area contributed by atoms with Crippen LogP contribution in [-0.4, -0.2) is 24.7 Å². The Morgan fingerprint density at radius 1 is 1.42 bits per heavy atom. The highest BCUT2D eigenvalue weighted by molar-refractivity contribution is 5.88. The molecule has 1 aromatic rings. The van der Waals surface area contributed by atoms with E-state index in [1.165, 1.54) is 0 Å². The van der Waals surface area contributed by atoms with E-state index in [-0.39, 0.29) is 5.56 Å². The van der Waals surface area contributed by atoms with Gasteiger partial charge in [0.05, 0.1) is 11.1 Å². The van der Waals surface area contributed by atoms with Crippen molar-refractivity contribution in [3.05, 3.63) is 34.9 Å². The van der Waals surface area contributed by atoms with Crippen LogP contribution in [0.3, 0.4) is 0 Å². The Kier molecular flexibility index (Phi) is 4.95. The van der Waals surface area contributed by atoms with E-state index in [2.05, 4.69) is 17.2 Å². The first kappa shape index (κ1) is 15.1. The van der Waals surface area contributed by atoms with Crippen LogP contribution >= 0.6 is 0 Å². The number of carboxylic acid groups (broad SMARTS) is 1. The van der Waals surface area contributed by atoms with Gasteiger partial charge in [-0.2, -0.15) is 13.2 Å². The van der Waals surface area contributed by atoms with Crippen molar-refractivity contribution in [3.8, 4) is 11.8 Å². The predicted molar refractivity (Wildman–Crippen MR) is 63.8 cm³/mol. The van der Waals surface area contributed by atoms with Crippen LogP contribution in [0.25, 0.3) is 0 Å². The summed E-state index contributed by atoms with van der Waals surface area (Å²) in [5, 5.41) is 11.5. The highest BCUT2D eigenvalue weighted by Crippen LogP contribution is 2.32. The molecular formula is C13H12F3NO2. The van der Waals surface area contributed by atoms with E-state index in [1.54, 1.807) is 7.05 Å². The lowest BCUT2D eigenvalue weighted by molar-refractivity contribution is -0.137. The molecule has 3 nitrogen and oxygen atoms in total. The summed E-state index contributed by atoms with van der Waals surface area (Å²) in [7, 11) is 1.71. The first-order valence-electron chi connectivity index (χ1n) is 5.44. The van der Waals surface area contributed by atoms with E-state index in [4.69, 9.17) is 5.11 Å². The number of aromatic carboxylic acids is 1. The summed E-state index contributed by atoms with van der Waals surface area (Å²) in [6.45, 7) is 0.571. The molecule has 1 rings (SSSR count). The highest BCUT2D eigenvalue weighted by Gasteiger charge is 2.33. The molecule has 1 aromatic carbocycles. The van der Waals surface area contributed by atoms with Crippen LogP contribution in [0.4, 0.5) is 13.2 Å². The third-order valence-electron chi connectivity index (χ3n) is 2.29. The van der Waals surface area contributed by atoms with Gasteiger partial charge in [0, 0.05) is 18.5 Å². The maximum Gasteiger partial charge on any atom is 0.417 e. The summed E-state index contributed by atoms with van der Waals surface area (Å²) in [5.41, 5.74) is -1.65. The van der Waals surface area contributed by atoms with Crippen LogP contribution in [-0.2, 0) is 6.18 Å². The van der Waals surface area contributed by atoms with Crippen LogP contribution in [0.2, 0.25) is 0 Å². The van der Waals surface area contributed by atoms with Crippen molar-refractivity contribution in [2.45, 2.75) is 12.6 Å². The molecule has 102 valence electrons. The van der Waals surface area contributed by atoms with Crippen LogP contribution in [0.15, 0.2) is 18.2 Å². The Hall–Kier alpha value is -2.00. The summed E-state index contributed by atoms with van der Waals surface area (Å²) >= 11 is 0. The van der Waals surface area contributed by atoms with Crippen LogP contribution in [0.1, 0.15) is 27.9 Å². The van der Waals surface area contributed by atoms with Gasteiger partial charge in [-0.3, -0.25) is 0 Å². The van der Waals surface area contributed by atoms with Crippen molar-refractivity contribution in [3.63, 3.8) is 0 Å². The topological polar surface area (TPSA) is 49.3 Å². The molecule has 19 heavy (non-hydrogen) atoms. The van der Waals surface area contributed by atoms with Crippen LogP contribution in [0, 0.1) is 11.8 Å². The molecular weight excluding hydrogens is 259 g/mol. The van der Waals surface area contributed by atoms with Gasteiger partial charge in [-0.25, -0.2) is 4.79 Å². The highest BCUT2D eigenvalue weighted by atomic mass is 19.4. The molecule has 0 unspecified atom stereocenters. The van der Waals surface area contributed by atoms with E-state index in [0.29, 0.717) is 19.0 Å². The fraction of sp³-hybridized carbons (Fsp3) is 0.308. The van der Waals surface area contributed by atoms with E-state index >= 15 is 0 Å². The number of nitrogens with one attached hydrogen (secondary N) is 1. The second kappa shape index (κ2) is 6.25. The van der Waals surface area contributed by atoms with Crippen molar-refractivity contribution in [1.29, 1.82) is 0 Å². The summed E-state index contributed by atoms with van der Waals surface area (Å²) < 4.78 is 38.4. The third-order valence-corrected chi connectivity index (χ3v) is 2.29. The SMILES string of the molecule is CNCCC#Cc1ccc(C(=O)O)cc1C(F)(F)F. The van der Waals surface area contributed by atoms with Crippen molar-refractivity contribution >= 4 is 5.97 Å². The second-order valence-electron chi connectivity index (χ2n) is 3.72. The first-order valence-corrected chi connectivity index (χ1v) is 5.44. The minimum atomic E-state index is -4.63. The smallest absolute Gasteiger partial charge is 0.417 e. The molecule has 6 heteroatoms. The van der Waals surface area contributed by atoms with Crippen molar-refractivity contribution in [2.75, 3.05) is 13.6 Å². The Labute approximate surface area is 108 Å². The average Bonchev–Trinajstić information content (AvgIpc) is 2.33. The van der Waals surface area contributed by atoms with Gasteiger partial charge in [0.1, 0.15) is 0 Å². The molecule has 0 saturated heterocycles. The average molecular weight is 271 g/mol. The van der Waals surface area contributed by atoms with Crippen molar-refractivity contribution in [2.24, 2.45) is 0 Å². The minimum Gasteiger partial charge on any atom is -0.478 e. The van der Waals surface area contributed by atoms with Gasteiger partial charge in [0.15, 0.2) is 0 Å². The molecule has 0 bridgehead atoms. The number of carboxylic acids is 1. The van der Waals surface area contributed by atoms with Gasteiger partial charge in [-0.05, 0) is 25.2 Å². The van der Waals surface area contributed by atoms with E-state index in [1.807, 2.05) is 0 Å². The molecule has 0 heterocycles. The molecule has 0 amide bonds.